The highest BCUT2D eigenvalue weighted by Gasteiger charge is 2.13. The van der Waals surface area contributed by atoms with Crippen molar-refractivity contribution in [2.24, 2.45) is 0 Å². The number of hydrogen-bond donors (Lipinski definition) is 1. The highest BCUT2D eigenvalue weighted by molar-refractivity contribution is 6.31. The molecule has 0 aromatic heterocycles. The largest absolute Gasteiger partial charge is 0.461 e. The lowest BCUT2D eigenvalue weighted by atomic mass is 10.2. The number of carbonyl (C=O) groups is 1. The Balaban J connectivity index is 1.80. The van der Waals surface area contributed by atoms with Crippen molar-refractivity contribution in [3.05, 3.63) is 28.8 Å². The summed E-state index contributed by atoms with van der Waals surface area (Å²) >= 11 is 5.78. The number of benzene rings is 1. The molecule has 0 unspecified atom stereocenters. The summed E-state index contributed by atoms with van der Waals surface area (Å²) in [5.41, 5.74) is 6.41. The molecule has 2 N–H and O–H groups in total. The number of nitrogens with zero attached hydrogens (tertiary/aromatic N) is 1. The Kier molecular flexibility index (Phi) is 5.01. The molecule has 104 valence electrons. The fraction of sp³-hybridized carbons (Fsp3) is 0.462. The van der Waals surface area contributed by atoms with E-state index in [1.54, 1.807) is 18.2 Å². The van der Waals surface area contributed by atoms with Crippen LogP contribution < -0.4 is 5.73 Å². The Morgan fingerprint density at radius 1 is 1.42 bits per heavy atom. The van der Waals surface area contributed by atoms with Crippen molar-refractivity contribution in [3.63, 3.8) is 0 Å². The fourth-order valence-corrected chi connectivity index (χ4v) is 2.07. The zero-order valence-corrected chi connectivity index (χ0v) is 11.4. The Labute approximate surface area is 117 Å². The normalized spacial score (nSPS) is 16.3. The third-order valence-corrected chi connectivity index (χ3v) is 3.21. The number of nitrogen functional groups attached to an aromatic ring is 1. The minimum absolute atomic E-state index is 0.337. The zero-order chi connectivity index (χ0) is 13.7. The minimum atomic E-state index is -0.414. The highest BCUT2D eigenvalue weighted by Crippen LogP contribution is 2.18. The molecule has 1 aromatic rings. The summed E-state index contributed by atoms with van der Waals surface area (Å²) < 4.78 is 10.5. The molecule has 1 aliphatic rings. The van der Waals surface area contributed by atoms with E-state index in [2.05, 4.69) is 4.90 Å². The lowest BCUT2D eigenvalue weighted by molar-refractivity contribution is 0.0196. The first-order chi connectivity index (χ1) is 9.16. The molecule has 1 heterocycles. The Morgan fingerprint density at radius 2 is 2.16 bits per heavy atom. The standard InChI is InChI=1S/C13H17ClN2O3/c14-10-1-2-11(12(15)9-10)13(17)19-8-5-16-3-6-18-7-4-16/h1-2,9H,3-8,15H2. The number of esters is 1. The van der Waals surface area contributed by atoms with E-state index in [-0.39, 0.29) is 0 Å². The van der Waals surface area contributed by atoms with Crippen LogP contribution >= 0.6 is 11.6 Å². The summed E-state index contributed by atoms with van der Waals surface area (Å²) in [7, 11) is 0. The summed E-state index contributed by atoms with van der Waals surface area (Å²) in [6.07, 6.45) is 0. The van der Waals surface area contributed by atoms with Gasteiger partial charge in [-0.3, -0.25) is 4.90 Å². The average Bonchev–Trinajstić information content (AvgIpc) is 2.39. The molecule has 1 fully saturated rings. The smallest absolute Gasteiger partial charge is 0.340 e. The summed E-state index contributed by atoms with van der Waals surface area (Å²) in [6, 6.07) is 4.74. The van der Waals surface area contributed by atoms with Gasteiger partial charge in [-0.2, -0.15) is 0 Å². The Hall–Kier alpha value is -1.30. The number of halogens is 1. The molecule has 1 aliphatic heterocycles. The van der Waals surface area contributed by atoms with E-state index in [0.29, 0.717) is 29.4 Å². The predicted octanol–water partition coefficient (Wildman–Crippen LogP) is 1.41. The van der Waals surface area contributed by atoms with Gasteiger partial charge in [0.05, 0.1) is 18.8 Å². The monoisotopic (exact) mass is 284 g/mol. The van der Waals surface area contributed by atoms with E-state index in [1.165, 1.54) is 0 Å². The van der Waals surface area contributed by atoms with E-state index >= 15 is 0 Å². The first-order valence-electron chi connectivity index (χ1n) is 6.19. The van der Waals surface area contributed by atoms with Crippen LogP contribution in [0.2, 0.25) is 5.02 Å². The molecule has 19 heavy (non-hydrogen) atoms. The number of ether oxygens (including phenoxy) is 2. The first kappa shape index (κ1) is 14.1. The van der Waals surface area contributed by atoms with Gasteiger partial charge in [0.15, 0.2) is 0 Å². The van der Waals surface area contributed by atoms with E-state index in [4.69, 9.17) is 26.8 Å². The summed E-state index contributed by atoms with van der Waals surface area (Å²) in [4.78, 5) is 14.0. The van der Waals surface area contributed by atoms with Gasteiger partial charge in [0, 0.05) is 30.3 Å². The molecule has 0 aliphatic carbocycles. The van der Waals surface area contributed by atoms with Gasteiger partial charge in [-0.25, -0.2) is 4.79 Å². The van der Waals surface area contributed by atoms with Gasteiger partial charge < -0.3 is 15.2 Å². The van der Waals surface area contributed by atoms with Gasteiger partial charge in [0.25, 0.3) is 0 Å². The second-order valence-electron chi connectivity index (χ2n) is 4.32. The van der Waals surface area contributed by atoms with Crippen LogP contribution in [-0.2, 0) is 9.47 Å². The van der Waals surface area contributed by atoms with Gasteiger partial charge in [0.2, 0.25) is 0 Å². The van der Waals surface area contributed by atoms with Crippen LogP contribution in [0, 0.1) is 0 Å². The molecule has 0 amide bonds. The molecule has 2 rings (SSSR count). The highest BCUT2D eigenvalue weighted by atomic mass is 35.5. The van der Waals surface area contributed by atoms with E-state index in [0.717, 1.165) is 26.3 Å². The summed E-state index contributed by atoms with van der Waals surface area (Å²) in [5, 5.41) is 0.502. The number of anilines is 1. The maximum atomic E-state index is 11.8. The molecule has 0 spiro atoms. The molecule has 1 aromatic carbocycles. The SMILES string of the molecule is Nc1cc(Cl)ccc1C(=O)OCCN1CCOCC1. The maximum absolute atomic E-state index is 11.8. The van der Waals surface area contributed by atoms with Crippen molar-refractivity contribution in [1.29, 1.82) is 0 Å². The van der Waals surface area contributed by atoms with Crippen molar-refractivity contribution >= 4 is 23.3 Å². The molecule has 0 bridgehead atoms. The van der Waals surface area contributed by atoms with Crippen LogP contribution in [0.1, 0.15) is 10.4 Å². The predicted molar refractivity (Wildman–Crippen MR) is 73.4 cm³/mol. The lowest BCUT2D eigenvalue weighted by Crippen LogP contribution is -2.38. The molecule has 0 atom stereocenters. The van der Waals surface area contributed by atoms with Gasteiger partial charge in [-0.1, -0.05) is 11.6 Å². The topological polar surface area (TPSA) is 64.8 Å². The number of hydrogen-bond acceptors (Lipinski definition) is 5. The van der Waals surface area contributed by atoms with Crippen LogP contribution in [0.25, 0.3) is 0 Å². The van der Waals surface area contributed by atoms with E-state index in [1.807, 2.05) is 0 Å². The van der Waals surface area contributed by atoms with Gasteiger partial charge in [0.1, 0.15) is 6.61 Å². The molecule has 0 saturated carbocycles. The Bertz CT molecular complexity index is 448. The van der Waals surface area contributed by atoms with Gasteiger partial charge in [-0.15, -0.1) is 0 Å². The average molecular weight is 285 g/mol. The van der Waals surface area contributed by atoms with Crippen molar-refractivity contribution in [2.45, 2.75) is 0 Å². The van der Waals surface area contributed by atoms with Crippen LogP contribution in [0.15, 0.2) is 18.2 Å². The van der Waals surface area contributed by atoms with E-state index < -0.39 is 5.97 Å². The number of rotatable bonds is 4. The quantitative estimate of drug-likeness (QED) is 0.669. The molecule has 1 saturated heterocycles. The van der Waals surface area contributed by atoms with Crippen LogP contribution in [0.5, 0.6) is 0 Å². The number of morpholine rings is 1. The first-order valence-corrected chi connectivity index (χ1v) is 6.57. The summed E-state index contributed by atoms with van der Waals surface area (Å²) in [5.74, 6) is -0.414. The molecule has 5 nitrogen and oxygen atoms in total. The molecule has 6 heteroatoms. The maximum Gasteiger partial charge on any atom is 0.340 e. The third-order valence-electron chi connectivity index (χ3n) is 2.98. The van der Waals surface area contributed by atoms with Crippen molar-refractivity contribution in [1.82, 2.24) is 4.90 Å². The second-order valence-corrected chi connectivity index (χ2v) is 4.76. The minimum Gasteiger partial charge on any atom is -0.461 e. The lowest BCUT2D eigenvalue weighted by Gasteiger charge is -2.26. The van der Waals surface area contributed by atoms with Crippen LogP contribution in [-0.4, -0.2) is 50.3 Å². The van der Waals surface area contributed by atoms with Crippen molar-refractivity contribution in [2.75, 3.05) is 45.2 Å². The number of nitrogens with two attached hydrogens (primary N) is 1. The van der Waals surface area contributed by atoms with Crippen molar-refractivity contribution in [3.8, 4) is 0 Å². The van der Waals surface area contributed by atoms with Gasteiger partial charge in [-0.05, 0) is 18.2 Å². The molecular weight excluding hydrogens is 268 g/mol. The summed E-state index contributed by atoms with van der Waals surface area (Å²) in [6.45, 7) is 4.28. The van der Waals surface area contributed by atoms with Crippen LogP contribution in [0.3, 0.4) is 0 Å². The van der Waals surface area contributed by atoms with E-state index in [9.17, 15) is 4.79 Å². The Morgan fingerprint density at radius 3 is 2.84 bits per heavy atom. The molecular formula is C13H17ClN2O3. The van der Waals surface area contributed by atoms with Crippen LogP contribution in [0.4, 0.5) is 5.69 Å². The number of carbonyl (C=O) groups excluding carboxylic acids is 1. The van der Waals surface area contributed by atoms with Gasteiger partial charge >= 0.3 is 5.97 Å². The van der Waals surface area contributed by atoms with Crippen molar-refractivity contribution < 1.29 is 14.3 Å². The fourth-order valence-electron chi connectivity index (χ4n) is 1.89. The second kappa shape index (κ2) is 6.75. The third kappa shape index (κ3) is 4.09. The molecule has 0 radical (unpaired) electrons. The zero-order valence-electron chi connectivity index (χ0n) is 10.6.